The number of methoxy groups -OCH3 is 1. The summed E-state index contributed by atoms with van der Waals surface area (Å²) in [7, 11) is 3.40. The number of hydrogen-bond donors (Lipinski definition) is 1. The molecule has 110 valence electrons. The Bertz CT molecular complexity index is 608. The summed E-state index contributed by atoms with van der Waals surface area (Å²) < 4.78 is 5.11. The van der Waals surface area contributed by atoms with Gasteiger partial charge in [0.05, 0.1) is 13.5 Å². The molecule has 4 nitrogen and oxygen atoms in total. The van der Waals surface area contributed by atoms with Crippen molar-refractivity contribution < 1.29 is 9.53 Å². The minimum atomic E-state index is 0.0364. The fourth-order valence-electron chi connectivity index (χ4n) is 2.07. The second kappa shape index (κ2) is 6.90. The number of amides is 1. The van der Waals surface area contributed by atoms with Crippen LogP contribution in [0.25, 0.3) is 0 Å². The number of ether oxygens (including phenoxy) is 1. The van der Waals surface area contributed by atoms with Crippen LogP contribution in [0.4, 0.5) is 5.69 Å². The third kappa shape index (κ3) is 3.83. The van der Waals surface area contributed by atoms with Gasteiger partial charge in [0, 0.05) is 19.3 Å². The highest BCUT2D eigenvalue weighted by Crippen LogP contribution is 2.17. The summed E-state index contributed by atoms with van der Waals surface area (Å²) in [5, 5.41) is 0. The molecule has 0 saturated heterocycles. The first-order chi connectivity index (χ1) is 10.1. The highest BCUT2D eigenvalue weighted by Gasteiger charge is 2.12. The molecule has 0 fully saturated rings. The van der Waals surface area contributed by atoms with Crippen molar-refractivity contribution in [2.45, 2.75) is 13.0 Å². The van der Waals surface area contributed by atoms with Crippen molar-refractivity contribution in [3.63, 3.8) is 0 Å². The molecule has 2 aromatic carbocycles. The summed E-state index contributed by atoms with van der Waals surface area (Å²) in [5.74, 6) is 0.824. The van der Waals surface area contributed by atoms with Crippen molar-refractivity contribution in [3.8, 4) is 5.75 Å². The van der Waals surface area contributed by atoms with Crippen LogP contribution < -0.4 is 15.4 Å². The lowest BCUT2D eigenvalue weighted by molar-refractivity contribution is -0.117. The van der Waals surface area contributed by atoms with E-state index in [4.69, 9.17) is 10.5 Å². The van der Waals surface area contributed by atoms with Gasteiger partial charge in [-0.2, -0.15) is 0 Å². The van der Waals surface area contributed by atoms with Crippen molar-refractivity contribution in [1.29, 1.82) is 0 Å². The lowest BCUT2D eigenvalue weighted by atomic mass is 10.1. The number of rotatable bonds is 5. The van der Waals surface area contributed by atoms with Gasteiger partial charge < -0.3 is 15.4 Å². The van der Waals surface area contributed by atoms with Crippen LogP contribution in [0.2, 0.25) is 0 Å². The van der Waals surface area contributed by atoms with Crippen LogP contribution in [0.1, 0.15) is 11.1 Å². The van der Waals surface area contributed by atoms with Crippen molar-refractivity contribution >= 4 is 11.6 Å². The smallest absolute Gasteiger partial charge is 0.231 e. The van der Waals surface area contributed by atoms with E-state index in [1.807, 2.05) is 48.5 Å². The predicted molar refractivity (Wildman–Crippen MR) is 84.4 cm³/mol. The third-order valence-electron chi connectivity index (χ3n) is 3.42. The summed E-state index contributed by atoms with van der Waals surface area (Å²) in [4.78, 5) is 14.0. The highest BCUT2D eigenvalue weighted by molar-refractivity contribution is 5.94. The Morgan fingerprint density at radius 1 is 1.14 bits per heavy atom. The standard InChI is InChI=1S/C17H20N2O2/c1-19(15-5-3-4-14(10-15)12-18)17(20)11-13-6-8-16(21-2)9-7-13/h3-10H,11-12,18H2,1-2H3. The van der Waals surface area contributed by atoms with E-state index in [0.717, 1.165) is 22.6 Å². The van der Waals surface area contributed by atoms with Gasteiger partial charge in [-0.25, -0.2) is 0 Å². The zero-order chi connectivity index (χ0) is 15.2. The topological polar surface area (TPSA) is 55.6 Å². The maximum Gasteiger partial charge on any atom is 0.231 e. The second-order valence-electron chi connectivity index (χ2n) is 4.85. The summed E-state index contributed by atoms with van der Waals surface area (Å²) in [6.07, 6.45) is 0.355. The molecular weight excluding hydrogens is 264 g/mol. The number of carbonyl (C=O) groups excluding carboxylic acids is 1. The van der Waals surface area contributed by atoms with Gasteiger partial charge in [-0.1, -0.05) is 24.3 Å². The molecule has 1 amide bonds. The van der Waals surface area contributed by atoms with E-state index in [2.05, 4.69) is 0 Å². The fraction of sp³-hybridized carbons (Fsp3) is 0.235. The molecule has 0 aliphatic rings. The molecule has 0 aliphatic heterocycles. The van der Waals surface area contributed by atoms with Crippen LogP contribution in [0.15, 0.2) is 48.5 Å². The molecule has 2 N–H and O–H groups in total. The lowest BCUT2D eigenvalue weighted by Crippen LogP contribution is -2.27. The van der Waals surface area contributed by atoms with Crippen LogP contribution in [0.5, 0.6) is 5.75 Å². The molecule has 2 rings (SSSR count). The minimum Gasteiger partial charge on any atom is -0.497 e. The normalized spacial score (nSPS) is 10.2. The Kier molecular flexibility index (Phi) is 4.95. The van der Waals surface area contributed by atoms with Crippen LogP contribution in [0.3, 0.4) is 0 Å². The van der Waals surface area contributed by atoms with Gasteiger partial charge in [0.2, 0.25) is 5.91 Å². The van der Waals surface area contributed by atoms with E-state index in [9.17, 15) is 4.79 Å². The first kappa shape index (κ1) is 15.1. The van der Waals surface area contributed by atoms with Gasteiger partial charge in [0.25, 0.3) is 0 Å². The Balaban J connectivity index is 2.07. The van der Waals surface area contributed by atoms with E-state index >= 15 is 0 Å². The number of benzene rings is 2. The number of anilines is 1. The Hall–Kier alpha value is -2.33. The maximum absolute atomic E-state index is 12.3. The lowest BCUT2D eigenvalue weighted by Gasteiger charge is -2.18. The highest BCUT2D eigenvalue weighted by atomic mass is 16.5. The molecule has 0 saturated carbocycles. The summed E-state index contributed by atoms with van der Waals surface area (Å²) in [6, 6.07) is 15.2. The number of likely N-dealkylation sites (N-methyl/N-ethyl adjacent to an activating group) is 1. The van der Waals surface area contributed by atoms with E-state index in [1.165, 1.54) is 0 Å². The summed E-state index contributed by atoms with van der Waals surface area (Å²) in [5.41, 5.74) is 8.46. The monoisotopic (exact) mass is 284 g/mol. The maximum atomic E-state index is 12.3. The number of nitrogens with two attached hydrogens (primary N) is 1. The van der Waals surface area contributed by atoms with Crippen molar-refractivity contribution in [3.05, 3.63) is 59.7 Å². The predicted octanol–water partition coefficient (Wildman–Crippen LogP) is 2.36. The molecule has 2 aromatic rings. The molecule has 0 spiro atoms. The molecule has 0 atom stereocenters. The molecular formula is C17H20N2O2. The molecule has 4 heteroatoms. The molecule has 0 heterocycles. The average Bonchev–Trinajstić information content (AvgIpc) is 2.54. The SMILES string of the molecule is COc1ccc(CC(=O)N(C)c2cccc(CN)c2)cc1. The Morgan fingerprint density at radius 3 is 2.48 bits per heavy atom. The zero-order valence-electron chi connectivity index (χ0n) is 12.4. The van der Waals surface area contributed by atoms with Crippen molar-refractivity contribution in [2.75, 3.05) is 19.1 Å². The fourth-order valence-corrected chi connectivity index (χ4v) is 2.07. The average molecular weight is 284 g/mol. The van der Waals surface area contributed by atoms with Crippen LogP contribution in [0, 0.1) is 0 Å². The first-order valence-corrected chi connectivity index (χ1v) is 6.82. The largest absolute Gasteiger partial charge is 0.497 e. The van der Waals surface area contributed by atoms with Crippen molar-refractivity contribution in [2.24, 2.45) is 5.73 Å². The van der Waals surface area contributed by atoms with Crippen LogP contribution in [-0.2, 0) is 17.8 Å². The van der Waals surface area contributed by atoms with Crippen molar-refractivity contribution in [1.82, 2.24) is 0 Å². The third-order valence-corrected chi connectivity index (χ3v) is 3.42. The van der Waals surface area contributed by atoms with Crippen LogP contribution in [-0.4, -0.2) is 20.1 Å². The zero-order valence-corrected chi connectivity index (χ0v) is 12.4. The van der Waals surface area contributed by atoms with Gasteiger partial charge in [0.1, 0.15) is 5.75 Å². The van der Waals surface area contributed by atoms with E-state index in [1.54, 1.807) is 19.1 Å². The Labute approximate surface area is 125 Å². The second-order valence-corrected chi connectivity index (χ2v) is 4.85. The van der Waals surface area contributed by atoms with Gasteiger partial charge in [0.15, 0.2) is 0 Å². The molecule has 0 bridgehead atoms. The summed E-state index contributed by atoms with van der Waals surface area (Å²) >= 11 is 0. The Morgan fingerprint density at radius 2 is 1.86 bits per heavy atom. The molecule has 0 aliphatic carbocycles. The van der Waals surface area contributed by atoms with E-state index in [0.29, 0.717) is 13.0 Å². The first-order valence-electron chi connectivity index (χ1n) is 6.82. The number of carbonyl (C=O) groups is 1. The molecule has 0 aromatic heterocycles. The van der Waals surface area contributed by atoms with Gasteiger partial charge in [-0.15, -0.1) is 0 Å². The molecule has 21 heavy (non-hydrogen) atoms. The van der Waals surface area contributed by atoms with Gasteiger partial charge >= 0.3 is 0 Å². The van der Waals surface area contributed by atoms with E-state index < -0.39 is 0 Å². The summed E-state index contributed by atoms with van der Waals surface area (Å²) in [6.45, 7) is 0.467. The molecule has 0 unspecified atom stereocenters. The van der Waals surface area contributed by atoms with E-state index in [-0.39, 0.29) is 5.91 Å². The quantitative estimate of drug-likeness (QED) is 0.917. The molecule has 0 radical (unpaired) electrons. The van der Waals surface area contributed by atoms with Crippen LogP contribution >= 0.6 is 0 Å². The van der Waals surface area contributed by atoms with Gasteiger partial charge in [-0.05, 0) is 35.4 Å². The number of hydrogen-bond acceptors (Lipinski definition) is 3. The number of nitrogens with zero attached hydrogens (tertiary/aromatic N) is 1. The van der Waals surface area contributed by atoms with Gasteiger partial charge in [-0.3, -0.25) is 4.79 Å². The minimum absolute atomic E-state index is 0.0364.